The molecule has 0 aliphatic carbocycles. The Bertz CT molecular complexity index is 1050. The Labute approximate surface area is 355 Å². The van der Waals surface area contributed by atoms with Gasteiger partial charge in [-0.25, -0.2) is 0 Å². The van der Waals surface area contributed by atoms with Gasteiger partial charge < -0.3 is 65.1 Å². The predicted octanol–water partition coefficient (Wildman–Crippen LogP) is 4.82. The van der Waals surface area contributed by atoms with Gasteiger partial charge in [0.15, 0.2) is 12.6 Å². The lowest BCUT2D eigenvalue weighted by Gasteiger charge is -2.46. The van der Waals surface area contributed by atoms with Gasteiger partial charge in [0, 0.05) is 6.42 Å². The minimum atomic E-state index is -1.78. The molecule has 2 saturated heterocycles. The normalized spacial score (nSPS) is 28.6. The third-order valence-corrected chi connectivity index (χ3v) is 11.7. The van der Waals surface area contributed by atoms with Crippen LogP contribution in [0.2, 0.25) is 0 Å². The molecule has 2 aliphatic rings. The van der Waals surface area contributed by atoms with Gasteiger partial charge in [-0.15, -0.1) is 0 Å². The molecule has 1 amide bonds. The van der Waals surface area contributed by atoms with Crippen LogP contribution in [0.5, 0.6) is 0 Å². The van der Waals surface area contributed by atoms with Gasteiger partial charge in [-0.2, -0.15) is 0 Å². The highest BCUT2D eigenvalue weighted by Crippen LogP contribution is 2.30. The number of amides is 1. The Morgan fingerprint density at radius 1 is 0.593 bits per heavy atom. The van der Waals surface area contributed by atoms with Crippen molar-refractivity contribution >= 4 is 5.91 Å². The Morgan fingerprint density at radius 2 is 1.05 bits per heavy atom. The highest BCUT2D eigenvalue weighted by molar-refractivity contribution is 5.76. The van der Waals surface area contributed by atoms with Gasteiger partial charge in [0.05, 0.1) is 32.0 Å². The molecular weight excluding hydrogens is 762 g/mol. The Morgan fingerprint density at radius 3 is 1.53 bits per heavy atom. The molecular formula is C45H85NO13. The summed E-state index contributed by atoms with van der Waals surface area (Å²) in [6.07, 6.45) is 16.7. The number of carbonyl (C=O) groups is 1. The van der Waals surface area contributed by atoms with E-state index >= 15 is 0 Å². The van der Waals surface area contributed by atoms with Crippen molar-refractivity contribution in [3.05, 3.63) is 12.2 Å². The van der Waals surface area contributed by atoms with Gasteiger partial charge in [-0.1, -0.05) is 167 Å². The molecule has 0 spiro atoms. The molecule has 9 N–H and O–H groups in total. The number of unbranched alkanes of at least 4 members (excludes halogenated alkanes) is 22. The maximum atomic E-state index is 13.0. The number of aliphatic hydroxyl groups excluding tert-OH is 8. The zero-order chi connectivity index (χ0) is 43.3. The minimum absolute atomic E-state index is 0.249. The average Bonchev–Trinajstić information content (AvgIpc) is 3.23. The number of ether oxygens (including phenoxy) is 4. The van der Waals surface area contributed by atoms with E-state index in [4.69, 9.17) is 18.9 Å². The second-order valence-electron chi connectivity index (χ2n) is 16.9. The molecule has 14 nitrogen and oxygen atoms in total. The average molecular weight is 848 g/mol. The van der Waals surface area contributed by atoms with E-state index in [1.807, 2.05) is 13.0 Å². The van der Waals surface area contributed by atoms with Crippen LogP contribution in [-0.4, -0.2) is 140 Å². The summed E-state index contributed by atoms with van der Waals surface area (Å²) in [5.41, 5.74) is 0. The molecule has 12 unspecified atom stereocenters. The fourth-order valence-electron chi connectivity index (χ4n) is 7.83. The fourth-order valence-corrected chi connectivity index (χ4v) is 7.83. The van der Waals surface area contributed by atoms with Crippen molar-refractivity contribution in [1.82, 2.24) is 5.32 Å². The number of hydrogen-bond donors (Lipinski definition) is 9. The molecule has 14 heteroatoms. The van der Waals surface area contributed by atoms with E-state index in [9.17, 15) is 45.6 Å². The Balaban J connectivity index is 1.65. The predicted molar refractivity (Wildman–Crippen MR) is 226 cm³/mol. The van der Waals surface area contributed by atoms with Gasteiger partial charge in [0.2, 0.25) is 5.91 Å². The van der Waals surface area contributed by atoms with Crippen LogP contribution in [0.4, 0.5) is 0 Å². The summed E-state index contributed by atoms with van der Waals surface area (Å²) in [5, 5.41) is 85.7. The number of allylic oxidation sites excluding steroid dienone is 1. The highest BCUT2D eigenvalue weighted by Gasteiger charge is 2.50. The van der Waals surface area contributed by atoms with Crippen LogP contribution in [-0.2, 0) is 23.7 Å². The van der Waals surface area contributed by atoms with Crippen LogP contribution >= 0.6 is 0 Å². The zero-order valence-electron chi connectivity index (χ0n) is 36.5. The maximum Gasteiger partial charge on any atom is 0.220 e. The summed E-state index contributed by atoms with van der Waals surface area (Å²) >= 11 is 0. The summed E-state index contributed by atoms with van der Waals surface area (Å²) < 4.78 is 22.4. The largest absolute Gasteiger partial charge is 0.394 e. The van der Waals surface area contributed by atoms with Gasteiger partial charge in [-0.05, 0) is 12.8 Å². The van der Waals surface area contributed by atoms with E-state index in [2.05, 4.69) is 12.2 Å². The molecule has 2 aliphatic heterocycles. The Hall–Kier alpha value is -1.27. The number of hydrogen-bond acceptors (Lipinski definition) is 13. The third kappa shape index (κ3) is 21.6. The first-order valence-electron chi connectivity index (χ1n) is 23.4. The molecule has 59 heavy (non-hydrogen) atoms. The molecule has 2 fully saturated rings. The molecule has 2 heterocycles. The molecule has 12 atom stereocenters. The number of aliphatic hydroxyl groups is 8. The molecule has 0 aromatic carbocycles. The lowest BCUT2D eigenvalue weighted by atomic mass is 9.97. The van der Waals surface area contributed by atoms with Crippen LogP contribution in [0.1, 0.15) is 174 Å². The van der Waals surface area contributed by atoms with Crippen LogP contribution in [0.25, 0.3) is 0 Å². The van der Waals surface area contributed by atoms with Crippen LogP contribution in [0.3, 0.4) is 0 Å². The van der Waals surface area contributed by atoms with Gasteiger partial charge in [0.25, 0.3) is 0 Å². The van der Waals surface area contributed by atoms with Crippen LogP contribution in [0, 0.1) is 0 Å². The van der Waals surface area contributed by atoms with E-state index in [1.54, 1.807) is 6.08 Å². The van der Waals surface area contributed by atoms with Gasteiger partial charge >= 0.3 is 0 Å². The molecule has 0 saturated carbocycles. The highest BCUT2D eigenvalue weighted by atomic mass is 16.7. The lowest BCUT2D eigenvalue weighted by Crippen LogP contribution is -2.65. The van der Waals surface area contributed by atoms with Crippen LogP contribution in [0.15, 0.2) is 12.2 Å². The Kier molecular flexibility index (Phi) is 30.4. The smallest absolute Gasteiger partial charge is 0.220 e. The first-order chi connectivity index (χ1) is 28.6. The summed E-state index contributed by atoms with van der Waals surface area (Å²) in [4.78, 5) is 13.0. The third-order valence-electron chi connectivity index (χ3n) is 11.7. The molecule has 0 bridgehead atoms. The molecule has 0 aromatic heterocycles. The first-order valence-corrected chi connectivity index (χ1v) is 23.4. The summed E-state index contributed by atoms with van der Waals surface area (Å²) in [6, 6.07) is -0.904. The molecule has 0 radical (unpaired) electrons. The molecule has 2 rings (SSSR count). The minimum Gasteiger partial charge on any atom is -0.394 e. The maximum absolute atomic E-state index is 13.0. The summed E-state index contributed by atoms with van der Waals surface area (Å²) in [6.45, 7) is 2.56. The number of rotatable bonds is 35. The van der Waals surface area contributed by atoms with Crippen molar-refractivity contribution in [2.45, 2.75) is 248 Å². The van der Waals surface area contributed by atoms with E-state index in [-0.39, 0.29) is 18.9 Å². The van der Waals surface area contributed by atoms with E-state index in [0.29, 0.717) is 6.42 Å². The standard InChI is InChI=1S/C45H85NO13/c1-3-5-7-8-9-10-11-12-13-14-15-16-17-18-19-20-21-22-23-24-25-27-29-37(50)46-33(34(49)28-26-6-4-2)32-56-44-42(55)40(53)43(36(31-48)58-44)59-45-41(54)39(52)38(51)35(30-47)57-45/h26,28,33-36,38-45,47-49,51-55H,3-25,27,29-32H2,1-2H3,(H,46,50)/b28-26+. The van der Waals surface area contributed by atoms with Crippen molar-refractivity contribution in [3.63, 3.8) is 0 Å². The first kappa shape index (κ1) is 53.9. The second kappa shape index (κ2) is 33.3. The number of nitrogens with one attached hydrogen (secondary N) is 1. The summed E-state index contributed by atoms with van der Waals surface area (Å²) in [7, 11) is 0. The van der Waals surface area contributed by atoms with Crippen molar-refractivity contribution < 1.29 is 64.6 Å². The monoisotopic (exact) mass is 848 g/mol. The van der Waals surface area contributed by atoms with Crippen molar-refractivity contribution in [2.75, 3.05) is 19.8 Å². The SMILES string of the molecule is CCC/C=C/C(O)C(COC1OC(CO)C(OC2OC(CO)C(O)C(O)C2O)C(O)C1O)NC(=O)CCCCCCCCCCCCCCCCCCCCCCCC. The van der Waals surface area contributed by atoms with Gasteiger partial charge in [-0.3, -0.25) is 4.79 Å². The summed E-state index contributed by atoms with van der Waals surface area (Å²) in [5.74, 6) is -0.249. The van der Waals surface area contributed by atoms with E-state index in [0.717, 1.165) is 32.1 Å². The van der Waals surface area contributed by atoms with Crippen molar-refractivity contribution in [2.24, 2.45) is 0 Å². The second-order valence-corrected chi connectivity index (χ2v) is 16.9. The lowest BCUT2D eigenvalue weighted by molar-refractivity contribution is -0.359. The van der Waals surface area contributed by atoms with Crippen molar-refractivity contribution in [1.29, 1.82) is 0 Å². The topological polar surface area (TPSA) is 228 Å². The molecule has 348 valence electrons. The van der Waals surface area contributed by atoms with Gasteiger partial charge in [0.1, 0.15) is 48.8 Å². The fraction of sp³-hybridized carbons (Fsp3) is 0.933. The zero-order valence-corrected chi connectivity index (χ0v) is 36.5. The molecule has 0 aromatic rings. The van der Waals surface area contributed by atoms with E-state index in [1.165, 1.54) is 116 Å². The van der Waals surface area contributed by atoms with E-state index < -0.39 is 86.8 Å². The number of carbonyl (C=O) groups excluding carboxylic acids is 1. The van der Waals surface area contributed by atoms with Crippen LogP contribution < -0.4 is 5.32 Å². The quantitative estimate of drug-likeness (QED) is 0.0308. The van der Waals surface area contributed by atoms with Crippen molar-refractivity contribution in [3.8, 4) is 0 Å².